The molecule has 0 aromatic heterocycles. The average Bonchev–Trinajstić information content (AvgIpc) is 3.19. The fourth-order valence-corrected chi connectivity index (χ4v) is 4.91. The molecule has 0 bridgehead atoms. The van der Waals surface area contributed by atoms with E-state index < -0.39 is 29.8 Å². The Kier molecular flexibility index (Phi) is 7.73. The summed E-state index contributed by atoms with van der Waals surface area (Å²) < 4.78 is 25.8. The van der Waals surface area contributed by atoms with Crippen molar-refractivity contribution >= 4 is 23.5 Å². The van der Waals surface area contributed by atoms with E-state index in [1.807, 2.05) is 38.1 Å². The molecule has 6 nitrogen and oxygen atoms in total. The number of aryl methyl sites for hydroxylation is 1. The molecule has 194 valence electrons. The van der Waals surface area contributed by atoms with Gasteiger partial charge in [-0.2, -0.15) is 0 Å². The summed E-state index contributed by atoms with van der Waals surface area (Å²) in [4.78, 5) is 26.4. The number of hydrogen-bond donors (Lipinski definition) is 1. The van der Waals surface area contributed by atoms with Gasteiger partial charge in [-0.3, -0.25) is 9.59 Å². The number of rotatable bonds is 9. The third-order valence-corrected chi connectivity index (χ3v) is 6.91. The highest BCUT2D eigenvalue weighted by Crippen LogP contribution is 2.44. The van der Waals surface area contributed by atoms with E-state index in [-0.39, 0.29) is 11.6 Å². The van der Waals surface area contributed by atoms with Crippen LogP contribution in [0.1, 0.15) is 39.5 Å². The van der Waals surface area contributed by atoms with Crippen LogP contribution in [0.3, 0.4) is 0 Å². The number of carbonyl (C=O) groups is 2. The molecule has 0 radical (unpaired) electrons. The van der Waals surface area contributed by atoms with Gasteiger partial charge in [0.2, 0.25) is 0 Å². The van der Waals surface area contributed by atoms with Crippen LogP contribution in [0.4, 0.5) is 4.39 Å². The van der Waals surface area contributed by atoms with Crippen LogP contribution in [-0.4, -0.2) is 47.7 Å². The molecule has 0 spiro atoms. The first-order valence-electron chi connectivity index (χ1n) is 12.0. The predicted octanol–water partition coefficient (Wildman–Crippen LogP) is 5.50. The van der Waals surface area contributed by atoms with Crippen LogP contribution in [0.25, 0.3) is 0 Å². The zero-order chi connectivity index (χ0) is 26.7. The van der Waals surface area contributed by atoms with E-state index in [4.69, 9.17) is 21.1 Å². The number of carboxylic acids is 1. The number of ether oxygens (including phenoxy) is 2. The maximum atomic E-state index is 14.0. The number of amides is 1. The van der Waals surface area contributed by atoms with Gasteiger partial charge in [-0.05, 0) is 61.2 Å². The molecule has 37 heavy (non-hydrogen) atoms. The number of fused-ring (bicyclic) bond motifs is 1. The molecule has 3 aromatic carbocycles. The largest absolute Gasteiger partial charge is 0.493 e. The van der Waals surface area contributed by atoms with Crippen molar-refractivity contribution in [3.8, 4) is 11.5 Å². The number of nitrogens with zero attached hydrogens (tertiary/aromatic N) is 1. The Morgan fingerprint density at radius 3 is 2.62 bits per heavy atom. The van der Waals surface area contributed by atoms with Gasteiger partial charge in [-0.1, -0.05) is 41.9 Å². The predicted molar refractivity (Wildman–Crippen MR) is 139 cm³/mol. The fraction of sp³-hybridized carbons (Fsp3) is 0.310. The van der Waals surface area contributed by atoms with Crippen LogP contribution in [-0.2, 0) is 24.1 Å². The molecule has 3 aromatic rings. The van der Waals surface area contributed by atoms with Gasteiger partial charge in [0.25, 0.3) is 5.91 Å². The van der Waals surface area contributed by atoms with E-state index in [0.29, 0.717) is 36.3 Å². The number of methoxy groups -OCH3 is 1. The SMILES string of the molecule is COc1cc(C(=O)N(CCc2ccccc2C)CC(=O)O)cc2c1O[C@](C)(Cc1ccc(Cl)c(F)c1)C2. The van der Waals surface area contributed by atoms with Crippen LogP contribution in [0.5, 0.6) is 11.5 Å². The summed E-state index contributed by atoms with van der Waals surface area (Å²) in [5.41, 5.74) is 3.28. The number of benzene rings is 3. The second-order valence-electron chi connectivity index (χ2n) is 9.62. The molecule has 0 unspecified atom stereocenters. The van der Waals surface area contributed by atoms with E-state index in [1.165, 1.54) is 24.1 Å². The maximum Gasteiger partial charge on any atom is 0.323 e. The Balaban J connectivity index is 1.57. The smallest absolute Gasteiger partial charge is 0.323 e. The van der Waals surface area contributed by atoms with Crippen molar-refractivity contribution in [2.24, 2.45) is 0 Å². The second-order valence-corrected chi connectivity index (χ2v) is 10.0. The van der Waals surface area contributed by atoms with E-state index in [0.717, 1.165) is 22.3 Å². The summed E-state index contributed by atoms with van der Waals surface area (Å²) in [6, 6.07) is 15.8. The molecule has 1 atom stereocenters. The van der Waals surface area contributed by atoms with Gasteiger partial charge in [0, 0.05) is 30.5 Å². The summed E-state index contributed by atoms with van der Waals surface area (Å²) in [5, 5.41) is 9.52. The molecule has 8 heteroatoms. The van der Waals surface area contributed by atoms with Gasteiger partial charge in [0.15, 0.2) is 11.5 Å². The molecule has 0 fully saturated rings. The van der Waals surface area contributed by atoms with Crippen molar-refractivity contribution in [3.63, 3.8) is 0 Å². The molecule has 0 saturated heterocycles. The van der Waals surface area contributed by atoms with Gasteiger partial charge in [-0.25, -0.2) is 4.39 Å². The molecule has 1 aliphatic rings. The van der Waals surface area contributed by atoms with E-state index >= 15 is 0 Å². The van der Waals surface area contributed by atoms with Crippen molar-refractivity contribution in [2.75, 3.05) is 20.2 Å². The summed E-state index contributed by atoms with van der Waals surface area (Å²) >= 11 is 5.82. The quantitative estimate of drug-likeness (QED) is 0.399. The van der Waals surface area contributed by atoms with Gasteiger partial charge in [0.1, 0.15) is 18.0 Å². The molecular weight excluding hydrogens is 497 g/mol. The number of carbonyl (C=O) groups excluding carboxylic acids is 1. The lowest BCUT2D eigenvalue weighted by molar-refractivity contribution is -0.137. The zero-order valence-corrected chi connectivity index (χ0v) is 21.8. The highest BCUT2D eigenvalue weighted by atomic mass is 35.5. The second kappa shape index (κ2) is 10.8. The first-order valence-corrected chi connectivity index (χ1v) is 12.4. The molecule has 1 N–H and O–H groups in total. The first kappa shape index (κ1) is 26.5. The normalized spacial score (nSPS) is 16.1. The average molecular weight is 526 g/mol. The molecular formula is C29H29ClFNO5. The van der Waals surface area contributed by atoms with Crippen molar-refractivity contribution < 1.29 is 28.6 Å². The molecule has 0 saturated carbocycles. The minimum Gasteiger partial charge on any atom is -0.493 e. The van der Waals surface area contributed by atoms with Crippen LogP contribution in [0, 0.1) is 12.7 Å². The van der Waals surface area contributed by atoms with Crippen molar-refractivity contribution in [2.45, 2.75) is 38.7 Å². The van der Waals surface area contributed by atoms with Crippen LogP contribution in [0.2, 0.25) is 5.02 Å². The minimum atomic E-state index is -1.09. The summed E-state index contributed by atoms with van der Waals surface area (Å²) in [5.74, 6) is -1.06. The third kappa shape index (κ3) is 6.05. The van der Waals surface area contributed by atoms with Gasteiger partial charge >= 0.3 is 5.97 Å². The van der Waals surface area contributed by atoms with Gasteiger partial charge in [-0.15, -0.1) is 0 Å². The van der Waals surface area contributed by atoms with Crippen molar-refractivity contribution in [3.05, 3.63) is 93.3 Å². The number of hydrogen-bond acceptors (Lipinski definition) is 4. The highest BCUT2D eigenvalue weighted by Gasteiger charge is 2.38. The Morgan fingerprint density at radius 2 is 1.95 bits per heavy atom. The monoisotopic (exact) mass is 525 g/mol. The lowest BCUT2D eigenvalue weighted by atomic mass is 9.91. The highest BCUT2D eigenvalue weighted by molar-refractivity contribution is 6.30. The maximum absolute atomic E-state index is 14.0. The zero-order valence-electron chi connectivity index (χ0n) is 21.0. The Morgan fingerprint density at radius 1 is 1.19 bits per heavy atom. The summed E-state index contributed by atoms with van der Waals surface area (Å²) in [7, 11) is 1.49. The number of aliphatic carboxylic acids is 1. The van der Waals surface area contributed by atoms with Crippen LogP contribution in [0.15, 0.2) is 54.6 Å². The summed E-state index contributed by atoms with van der Waals surface area (Å²) in [6.45, 7) is 3.74. The fourth-order valence-electron chi connectivity index (χ4n) is 4.79. The molecule has 1 heterocycles. The van der Waals surface area contributed by atoms with Crippen LogP contribution < -0.4 is 9.47 Å². The molecule has 0 aliphatic carbocycles. The Bertz CT molecular complexity index is 1340. The van der Waals surface area contributed by atoms with Gasteiger partial charge in [0.05, 0.1) is 12.1 Å². The van der Waals surface area contributed by atoms with E-state index in [9.17, 15) is 19.1 Å². The van der Waals surface area contributed by atoms with Crippen LogP contribution >= 0.6 is 11.6 Å². The topological polar surface area (TPSA) is 76.1 Å². The number of halogens is 2. The van der Waals surface area contributed by atoms with E-state index in [1.54, 1.807) is 18.2 Å². The van der Waals surface area contributed by atoms with Gasteiger partial charge < -0.3 is 19.5 Å². The number of carboxylic acid groups (broad SMARTS) is 1. The summed E-state index contributed by atoms with van der Waals surface area (Å²) in [6.07, 6.45) is 1.42. The lowest BCUT2D eigenvalue weighted by Crippen LogP contribution is -2.37. The lowest BCUT2D eigenvalue weighted by Gasteiger charge is -2.24. The van der Waals surface area contributed by atoms with Crippen molar-refractivity contribution in [1.29, 1.82) is 0 Å². The Hall–Kier alpha value is -3.58. The molecule has 1 amide bonds. The standard InChI is InChI=1S/C29H29ClFNO5/c1-18-6-4-5-7-20(18)10-11-32(17-26(33)34)28(35)21-13-22-16-29(2,37-27(22)25(14-21)36-3)15-19-8-9-23(30)24(31)12-19/h4-9,12-14H,10-11,15-17H2,1-3H3,(H,33,34)/t29-/m1/s1. The molecule has 4 rings (SSSR count). The van der Waals surface area contributed by atoms with E-state index in [2.05, 4.69) is 0 Å². The minimum absolute atomic E-state index is 0.0580. The Labute approximate surface area is 220 Å². The molecule has 1 aliphatic heterocycles. The third-order valence-electron chi connectivity index (χ3n) is 6.60. The first-order chi connectivity index (χ1) is 17.6. The van der Waals surface area contributed by atoms with Crippen molar-refractivity contribution in [1.82, 2.24) is 4.90 Å².